The van der Waals surface area contributed by atoms with Gasteiger partial charge in [0, 0.05) is 18.4 Å². The van der Waals surface area contributed by atoms with Crippen LogP contribution in [0.3, 0.4) is 0 Å². The van der Waals surface area contributed by atoms with Gasteiger partial charge < -0.3 is 14.7 Å². The van der Waals surface area contributed by atoms with Crippen molar-refractivity contribution >= 4 is 17.7 Å². The summed E-state index contributed by atoms with van der Waals surface area (Å²) in [5.74, 6) is 0.852. The molecule has 1 aromatic carbocycles. The summed E-state index contributed by atoms with van der Waals surface area (Å²) in [5.41, 5.74) is 3.49. The zero-order chi connectivity index (χ0) is 15.4. The lowest BCUT2D eigenvalue weighted by Gasteiger charge is -2.23. The van der Waals surface area contributed by atoms with E-state index in [0.29, 0.717) is 5.75 Å². The Balaban J connectivity index is 2.03. The Bertz CT molecular complexity index is 539. The SMILES string of the molecule is CCc1ccc(C2OC(C)=C(CSCC(=O)O)N2C)cc1. The van der Waals surface area contributed by atoms with Crippen LogP contribution in [0.1, 0.15) is 31.2 Å². The summed E-state index contributed by atoms with van der Waals surface area (Å²) in [5, 5.41) is 8.72. The number of nitrogens with zero attached hydrogens (tertiary/aromatic N) is 1. The molecule has 0 bridgehead atoms. The Morgan fingerprint density at radius 3 is 2.62 bits per heavy atom. The summed E-state index contributed by atoms with van der Waals surface area (Å²) in [6, 6.07) is 8.44. The van der Waals surface area contributed by atoms with Crippen LogP contribution in [0, 0.1) is 0 Å². The Hall–Kier alpha value is -1.62. The molecule has 1 aliphatic rings. The van der Waals surface area contributed by atoms with Crippen molar-refractivity contribution in [3.63, 3.8) is 0 Å². The molecule has 0 spiro atoms. The summed E-state index contributed by atoms with van der Waals surface area (Å²) in [7, 11) is 1.99. The second kappa shape index (κ2) is 6.89. The fourth-order valence-corrected chi connectivity index (χ4v) is 3.23. The predicted octanol–water partition coefficient (Wildman–Crippen LogP) is 3.26. The quantitative estimate of drug-likeness (QED) is 0.874. The summed E-state index contributed by atoms with van der Waals surface area (Å²) < 4.78 is 5.95. The monoisotopic (exact) mass is 307 g/mol. The highest BCUT2D eigenvalue weighted by Crippen LogP contribution is 2.36. The topological polar surface area (TPSA) is 49.8 Å². The molecule has 114 valence electrons. The van der Waals surface area contributed by atoms with E-state index in [1.54, 1.807) is 0 Å². The molecule has 21 heavy (non-hydrogen) atoms. The van der Waals surface area contributed by atoms with Gasteiger partial charge in [0.2, 0.25) is 0 Å². The molecular weight excluding hydrogens is 286 g/mol. The molecule has 2 rings (SSSR count). The highest BCUT2D eigenvalue weighted by Gasteiger charge is 2.29. The van der Waals surface area contributed by atoms with Gasteiger partial charge in [0.05, 0.1) is 11.4 Å². The van der Waals surface area contributed by atoms with Gasteiger partial charge in [0.25, 0.3) is 0 Å². The second-order valence-electron chi connectivity index (χ2n) is 5.07. The third-order valence-corrected chi connectivity index (χ3v) is 4.54. The van der Waals surface area contributed by atoms with Crippen molar-refractivity contribution in [3.05, 3.63) is 46.8 Å². The van der Waals surface area contributed by atoms with Crippen molar-refractivity contribution in [2.75, 3.05) is 18.6 Å². The number of aliphatic carboxylic acids is 1. The van der Waals surface area contributed by atoms with Gasteiger partial charge in [-0.15, -0.1) is 11.8 Å². The molecule has 0 aliphatic carbocycles. The number of hydrogen-bond donors (Lipinski definition) is 1. The molecule has 4 nitrogen and oxygen atoms in total. The number of carboxylic acids is 1. The molecule has 1 unspecified atom stereocenters. The molecule has 5 heteroatoms. The van der Waals surface area contributed by atoms with Gasteiger partial charge in [0.15, 0.2) is 6.23 Å². The van der Waals surface area contributed by atoms with E-state index in [4.69, 9.17) is 9.84 Å². The predicted molar refractivity (Wildman–Crippen MR) is 85.1 cm³/mol. The van der Waals surface area contributed by atoms with E-state index in [1.165, 1.54) is 17.3 Å². The average Bonchev–Trinajstić information content (AvgIpc) is 2.75. The van der Waals surface area contributed by atoms with Crippen molar-refractivity contribution < 1.29 is 14.6 Å². The standard InChI is InChI=1S/C16H21NO3S/c1-4-12-5-7-13(8-6-12)16-17(3)14(11(2)20-16)9-21-10-15(18)19/h5-8,16H,4,9-10H2,1-3H3,(H,18,19). The van der Waals surface area contributed by atoms with E-state index in [-0.39, 0.29) is 12.0 Å². The zero-order valence-corrected chi connectivity index (χ0v) is 13.4. The second-order valence-corrected chi connectivity index (χ2v) is 6.05. The molecule has 0 radical (unpaired) electrons. The Kier molecular flexibility index (Phi) is 5.17. The van der Waals surface area contributed by atoms with E-state index >= 15 is 0 Å². The van der Waals surface area contributed by atoms with E-state index in [1.807, 2.05) is 14.0 Å². The first-order chi connectivity index (χ1) is 10.0. The van der Waals surface area contributed by atoms with Gasteiger partial charge in [-0.05, 0) is 18.9 Å². The van der Waals surface area contributed by atoms with Gasteiger partial charge >= 0.3 is 5.97 Å². The van der Waals surface area contributed by atoms with Crippen LogP contribution in [0.5, 0.6) is 0 Å². The van der Waals surface area contributed by atoms with Crippen LogP contribution >= 0.6 is 11.8 Å². The average molecular weight is 307 g/mol. The maximum absolute atomic E-state index is 10.6. The minimum atomic E-state index is -0.786. The molecule has 0 fully saturated rings. The maximum atomic E-state index is 10.6. The molecule has 0 amide bonds. The Morgan fingerprint density at radius 1 is 1.38 bits per heavy atom. The molecular formula is C16H21NO3S. The van der Waals surface area contributed by atoms with Crippen LogP contribution in [-0.4, -0.2) is 34.5 Å². The smallest absolute Gasteiger partial charge is 0.313 e. The molecule has 0 saturated heterocycles. The highest BCUT2D eigenvalue weighted by molar-refractivity contribution is 8.00. The van der Waals surface area contributed by atoms with Crippen molar-refractivity contribution in [1.29, 1.82) is 0 Å². The molecule has 1 aliphatic heterocycles. The molecule has 0 aromatic heterocycles. The first-order valence-corrected chi connectivity index (χ1v) is 8.16. The normalized spacial score (nSPS) is 18.0. The lowest BCUT2D eigenvalue weighted by molar-refractivity contribution is -0.133. The zero-order valence-electron chi connectivity index (χ0n) is 12.6. The number of rotatable bonds is 6. The van der Waals surface area contributed by atoms with E-state index in [9.17, 15) is 4.79 Å². The van der Waals surface area contributed by atoms with Crippen LogP contribution in [0.2, 0.25) is 0 Å². The fourth-order valence-electron chi connectivity index (χ4n) is 2.35. The molecule has 1 N–H and O–H groups in total. The number of benzene rings is 1. The number of carbonyl (C=O) groups is 1. The number of aryl methyl sites for hydroxylation is 1. The first-order valence-electron chi connectivity index (χ1n) is 7.00. The van der Waals surface area contributed by atoms with Crippen LogP contribution in [0.4, 0.5) is 0 Å². The van der Waals surface area contributed by atoms with Gasteiger partial charge in [-0.2, -0.15) is 0 Å². The van der Waals surface area contributed by atoms with Crippen LogP contribution in [-0.2, 0) is 16.0 Å². The fraction of sp³-hybridized carbons (Fsp3) is 0.438. The van der Waals surface area contributed by atoms with Gasteiger partial charge in [0.1, 0.15) is 5.76 Å². The number of hydrogen-bond acceptors (Lipinski definition) is 4. The summed E-state index contributed by atoms with van der Waals surface area (Å²) in [6.07, 6.45) is 0.909. The molecule has 1 heterocycles. The summed E-state index contributed by atoms with van der Waals surface area (Å²) in [4.78, 5) is 12.7. The van der Waals surface area contributed by atoms with Crippen molar-refractivity contribution in [1.82, 2.24) is 4.90 Å². The van der Waals surface area contributed by atoms with Gasteiger partial charge in [-0.3, -0.25) is 4.79 Å². The summed E-state index contributed by atoms with van der Waals surface area (Å²) >= 11 is 1.39. The Morgan fingerprint density at radius 2 is 2.05 bits per heavy atom. The largest absolute Gasteiger partial charge is 0.481 e. The minimum Gasteiger partial charge on any atom is -0.481 e. The minimum absolute atomic E-state index is 0.112. The van der Waals surface area contributed by atoms with Gasteiger partial charge in [-0.25, -0.2) is 0 Å². The maximum Gasteiger partial charge on any atom is 0.313 e. The third-order valence-electron chi connectivity index (χ3n) is 3.61. The van der Waals surface area contributed by atoms with E-state index in [0.717, 1.165) is 23.4 Å². The molecule has 1 atom stereocenters. The Labute approximate surface area is 129 Å². The molecule has 1 aromatic rings. The van der Waals surface area contributed by atoms with Crippen molar-refractivity contribution in [2.24, 2.45) is 0 Å². The van der Waals surface area contributed by atoms with E-state index in [2.05, 4.69) is 36.1 Å². The van der Waals surface area contributed by atoms with Crippen LogP contribution in [0.25, 0.3) is 0 Å². The molecule has 0 saturated carbocycles. The van der Waals surface area contributed by atoms with Crippen molar-refractivity contribution in [3.8, 4) is 0 Å². The third kappa shape index (κ3) is 3.73. The van der Waals surface area contributed by atoms with Crippen LogP contribution in [0.15, 0.2) is 35.7 Å². The lowest BCUT2D eigenvalue weighted by atomic mass is 10.1. The number of allylic oxidation sites excluding steroid dienone is 1. The lowest BCUT2D eigenvalue weighted by Crippen LogP contribution is -2.21. The highest BCUT2D eigenvalue weighted by atomic mass is 32.2. The number of carboxylic acid groups (broad SMARTS) is 1. The van der Waals surface area contributed by atoms with Crippen LogP contribution < -0.4 is 0 Å². The first kappa shape index (κ1) is 15.8. The number of ether oxygens (including phenoxy) is 1. The van der Waals surface area contributed by atoms with E-state index < -0.39 is 5.97 Å². The van der Waals surface area contributed by atoms with Crippen molar-refractivity contribution in [2.45, 2.75) is 26.5 Å². The summed E-state index contributed by atoms with van der Waals surface area (Å²) in [6.45, 7) is 4.07. The number of thioether (sulfide) groups is 1. The van der Waals surface area contributed by atoms with Gasteiger partial charge in [-0.1, -0.05) is 31.2 Å².